The Balaban J connectivity index is 3.85. The van der Waals surface area contributed by atoms with Crippen LogP contribution in [0.15, 0.2) is 0 Å². The van der Waals surface area contributed by atoms with Gasteiger partial charge < -0.3 is 10.2 Å². The van der Waals surface area contributed by atoms with Gasteiger partial charge in [-0.1, -0.05) is 6.92 Å². The van der Waals surface area contributed by atoms with Gasteiger partial charge in [-0.05, 0) is 12.8 Å². The van der Waals surface area contributed by atoms with Crippen molar-refractivity contribution in [1.29, 1.82) is 0 Å². The average molecular weight is 114 g/mol. The van der Waals surface area contributed by atoms with Gasteiger partial charge >= 0.3 is 0 Å². The molecule has 0 aromatic carbocycles. The van der Waals surface area contributed by atoms with Gasteiger partial charge in [0.1, 0.15) is 0 Å². The lowest BCUT2D eigenvalue weighted by Crippen LogP contribution is -2.23. The number of rotatable bonds is 1. The minimum absolute atomic E-state index is 0.244. The highest BCUT2D eigenvalue weighted by atomic mass is 16.5. The predicted molar refractivity (Wildman–Crippen MR) is 30.9 cm³/mol. The van der Waals surface area contributed by atoms with E-state index in [0.29, 0.717) is 0 Å². The molecule has 2 N–H and O–H groups in total. The lowest BCUT2D eigenvalue weighted by atomic mass is 10.2. The van der Waals surface area contributed by atoms with Crippen molar-refractivity contribution in [1.82, 2.24) is 0 Å². The van der Waals surface area contributed by atoms with Gasteiger partial charge in [0.25, 0.3) is 0 Å². The normalized spacial score (nSPS) is 10.0. The Morgan fingerprint density at radius 1 is 1.50 bits per heavy atom. The van der Waals surface area contributed by atoms with Gasteiger partial charge in [-0.3, -0.25) is 0 Å². The van der Waals surface area contributed by atoms with E-state index in [1.165, 1.54) is 0 Å². The van der Waals surface area contributed by atoms with Crippen LogP contribution in [0, 0.1) is 11.8 Å². The van der Waals surface area contributed by atoms with Crippen molar-refractivity contribution in [2.45, 2.75) is 26.1 Å². The molecule has 0 heterocycles. The molecule has 0 unspecified atom stereocenters. The minimum Gasteiger partial charge on any atom is -0.356 e. The maximum Gasteiger partial charge on any atom is 0.228 e. The molecule has 0 saturated heterocycles. The molecule has 0 aromatic rings. The molecule has 2 nitrogen and oxygen atoms in total. The standard InChI is InChI=1S/C6H10O2/c1-3-5-6(7,8)4-2/h7-8H,4H2,1-2H3. The summed E-state index contributed by atoms with van der Waals surface area (Å²) in [5.74, 6) is 2.87. The summed E-state index contributed by atoms with van der Waals surface area (Å²) in [5.41, 5.74) is 0. The Labute approximate surface area is 49.2 Å². The summed E-state index contributed by atoms with van der Waals surface area (Å²) >= 11 is 0. The summed E-state index contributed by atoms with van der Waals surface area (Å²) < 4.78 is 0. The second-order valence-corrected chi connectivity index (χ2v) is 1.55. The molecule has 0 radical (unpaired) electrons. The second kappa shape index (κ2) is 2.71. The molecule has 0 aliphatic heterocycles. The molecule has 0 rings (SSSR count). The third kappa shape index (κ3) is 2.62. The fourth-order valence-corrected chi connectivity index (χ4v) is 0.289. The first-order valence-electron chi connectivity index (χ1n) is 2.51. The fraction of sp³-hybridized carbons (Fsp3) is 0.667. The van der Waals surface area contributed by atoms with Crippen LogP contribution < -0.4 is 0 Å². The molecule has 0 atom stereocenters. The van der Waals surface area contributed by atoms with Crippen molar-refractivity contribution >= 4 is 0 Å². The van der Waals surface area contributed by atoms with E-state index in [0.717, 1.165) is 0 Å². The van der Waals surface area contributed by atoms with Crippen LogP contribution in [0.3, 0.4) is 0 Å². The third-order valence-corrected chi connectivity index (χ3v) is 0.818. The monoisotopic (exact) mass is 114 g/mol. The molecule has 0 spiro atoms. The van der Waals surface area contributed by atoms with Crippen LogP contribution in [0.25, 0.3) is 0 Å². The smallest absolute Gasteiger partial charge is 0.228 e. The number of hydrogen-bond donors (Lipinski definition) is 2. The fourth-order valence-electron chi connectivity index (χ4n) is 0.289. The van der Waals surface area contributed by atoms with Gasteiger partial charge in [-0.15, -0.1) is 5.92 Å². The van der Waals surface area contributed by atoms with Gasteiger partial charge in [0, 0.05) is 6.42 Å². The first-order chi connectivity index (χ1) is 3.62. The molecule has 8 heavy (non-hydrogen) atoms. The summed E-state index contributed by atoms with van der Waals surface area (Å²) in [6, 6.07) is 0. The molecule has 2 heteroatoms. The number of aliphatic hydroxyl groups is 2. The predicted octanol–water partition coefficient (Wildman–Crippen LogP) is 0.101. The molecule has 0 saturated carbocycles. The zero-order valence-electron chi connectivity index (χ0n) is 5.10. The van der Waals surface area contributed by atoms with Crippen molar-refractivity contribution in [3.63, 3.8) is 0 Å². The summed E-state index contributed by atoms with van der Waals surface area (Å²) in [4.78, 5) is 0. The Kier molecular flexibility index (Phi) is 2.53. The molecular formula is C6H10O2. The summed E-state index contributed by atoms with van der Waals surface area (Å²) in [5, 5.41) is 17.4. The minimum atomic E-state index is -1.77. The van der Waals surface area contributed by atoms with Crippen molar-refractivity contribution < 1.29 is 10.2 Å². The van der Waals surface area contributed by atoms with Gasteiger partial charge in [0.15, 0.2) is 0 Å². The Hall–Kier alpha value is -0.520. The van der Waals surface area contributed by atoms with E-state index in [1.54, 1.807) is 13.8 Å². The van der Waals surface area contributed by atoms with Crippen LogP contribution in [0.2, 0.25) is 0 Å². The third-order valence-electron chi connectivity index (χ3n) is 0.818. The molecule has 0 aliphatic rings. The lowest BCUT2D eigenvalue weighted by molar-refractivity contribution is -0.110. The Morgan fingerprint density at radius 3 is 2.12 bits per heavy atom. The summed E-state index contributed by atoms with van der Waals surface area (Å²) in [7, 11) is 0. The van der Waals surface area contributed by atoms with Crippen LogP contribution in [0.4, 0.5) is 0 Å². The van der Waals surface area contributed by atoms with E-state index >= 15 is 0 Å². The van der Waals surface area contributed by atoms with Gasteiger partial charge in [0.2, 0.25) is 5.79 Å². The van der Waals surface area contributed by atoms with E-state index in [2.05, 4.69) is 11.8 Å². The molecule has 0 bridgehead atoms. The maximum absolute atomic E-state index is 8.71. The van der Waals surface area contributed by atoms with Crippen LogP contribution in [-0.4, -0.2) is 16.0 Å². The Bertz CT molecular complexity index is 116. The average Bonchev–Trinajstić information content (AvgIpc) is 1.67. The number of hydrogen-bond acceptors (Lipinski definition) is 2. The van der Waals surface area contributed by atoms with E-state index < -0.39 is 5.79 Å². The van der Waals surface area contributed by atoms with Crippen molar-refractivity contribution in [3.8, 4) is 11.8 Å². The summed E-state index contributed by atoms with van der Waals surface area (Å²) in [6.45, 7) is 3.22. The van der Waals surface area contributed by atoms with Gasteiger partial charge in [0.05, 0.1) is 0 Å². The van der Waals surface area contributed by atoms with Crippen LogP contribution in [0.5, 0.6) is 0 Å². The Morgan fingerprint density at radius 2 is 2.00 bits per heavy atom. The van der Waals surface area contributed by atoms with Crippen molar-refractivity contribution in [3.05, 3.63) is 0 Å². The van der Waals surface area contributed by atoms with Crippen molar-refractivity contribution in [2.75, 3.05) is 0 Å². The molecule has 0 fully saturated rings. The lowest BCUT2D eigenvalue weighted by Gasteiger charge is -2.09. The van der Waals surface area contributed by atoms with E-state index in [1.807, 2.05) is 0 Å². The highest BCUT2D eigenvalue weighted by molar-refractivity contribution is 5.05. The first kappa shape index (κ1) is 7.48. The van der Waals surface area contributed by atoms with E-state index in [9.17, 15) is 0 Å². The zero-order valence-corrected chi connectivity index (χ0v) is 5.10. The highest BCUT2D eigenvalue weighted by Crippen LogP contribution is 2.00. The molecule has 46 valence electrons. The quantitative estimate of drug-likeness (QED) is 0.375. The van der Waals surface area contributed by atoms with Gasteiger partial charge in [-0.25, -0.2) is 0 Å². The van der Waals surface area contributed by atoms with E-state index in [-0.39, 0.29) is 6.42 Å². The first-order valence-corrected chi connectivity index (χ1v) is 2.51. The van der Waals surface area contributed by atoms with E-state index in [4.69, 9.17) is 10.2 Å². The van der Waals surface area contributed by atoms with Crippen LogP contribution >= 0.6 is 0 Å². The van der Waals surface area contributed by atoms with Crippen molar-refractivity contribution in [2.24, 2.45) is 0 Å². The maximum atomic E-state index is 8.71. The van der Waals surface area contributed by atoms with Gasteiger partial charge in [-0.2, -0.15) is 0 Å². The summed E-state index contributed by atoms with van der Waals surface area (Å²) in [6.07, 6.45) is 0.244. The molecule has 0 aromatic heterocycles. The SMILES string of the molecule is CC#CC(O)(O)CC. The topological polar surface area (TPSA) is 40.5 Å². The van der Waals surface area contributed by atoms with Crippen LogP contribution in [-0.2, 0) is 0 Å². The molecule has 0 aliphatic carbocycles. The van der Waals surface area contributed by atoms with Crippen LogP contribution in [0.1, 0.15) is 20.3 Å². The molecular weight excluding hydrogens is 104 g/mol. The zero-order chi connectivity index (χ0) is 6.62. The second-order valence-electron chi connectivity index (χ2n) is 1.55. The highest BCUT2D eigenvalue weighted by Gasteiger charge is 2.14. The molecule has 0 amide bonds. The largest absolute Gasteiger partial charge is 0.356 e.